The van der Waals surface area contributed by atoms with Crippen molar-refractivity contribution in [2.24, 2.45) is 0 Å². The Balaban J connectivity index is 2.28. The maximum absolute atomic E-state index is 12.7. The molecule has 0 saturated carbocycles. The summed E-state index contributed by atoms with van der Waals surface area (Å²) in [7, 11) is 0. The molecule has 0 aromatic heterocycles. The normalized spacial score (nSPS) is 23.8. The van der Waals surface area contributed by atoms with Crippen LogP contribution in [0.15, 0.2) is 24.3 Å². The highest BCUT2D eigenvalue weighted by Crippen LogP contribution is 2.36. The third-order valence-electron chi connectivity index (χ3n) is 4.20. The predicted molar refractivity (Wildman–Crippen MR) is 74.3 cm³/mol. The Kier molecular flexibility index (Phi) is 3.81. The van der Waals surface area contributed by atoms with Gasteiger partial charge in [0, 0.05) is 6.54 Å². The van der Waals surface area contributed by atoms with Crippen LogP contribution in [0.2, 0.25) is 0 Å². The number of aryl methyl sites for hydroxylation is 1. The van der Waals surface area contributed by atoms with Crippen LogP contribution in [-0.4, -0.2) is 34.5 Å². The van der Waals surface area contributed by atoms with Crippen molar-refractivity contribution in [3.63, 3.8) is 0 Å². The minimum absolute atomic E-state index is 0.0702. The Morgan fingerprint density at radius 1 is 1.50 bits per heavy atom. The molecule has 20 heavy (non-hydrogen) atoms. The summed E-state index contributed by atoms with van der Waals surface area (Å²) in [6.45, 7) is 6.03. The smallest absolute Gasteiger partial charge is 0.265 e. The summed E-state index contributed by atoms with van der Waals surface area (Å²) < 4.78 is 0. The molecule has 2 rings (SSSR count). The van der Waals surface area contributed by atoms with Crippen LogP contribution in [0.1, 0.15) is 31.4 Å². The van der Waals surface area contributed by atoms with E-state index in [0.29, 0.717) is 13.0 Å². The second-order valence-electron chi connectivity index (χ2n) is 5.60. The monoisotopic (exact) mass is 276 g/mol. The van der Waals surface area contributed by atoms with E-state index in [4.69, 9.17) is 5.21 Å². The lowest BCUT2D eigenvalue weighted by molar-refractivity contribution is -0.143. The van der Waals surface area contributed by atoms with E-state index in [2.05, 4.69) is 0 Å². The molecule has 0 aliphatic carbocycles. The summed E-state index contributed by atoms with van der Waals surface area (Å²) in [6, 6.07) is 7.23. The second-order valence-corrected chi connectivity index (χ2v) is 5.60. The van der Waals surface area contributed by atoms with Crippen molar-refractivity contribution in [3.8, 4) is 0 Å². The van der Waals surface area contributed by atoms with Gasteiger partial charge < -0.3 is 4.90 Å². The molecule has 5 heteroatoms. The van der Waals surface area contributed by atoms with Gasteiger partial charge in [-0.15, -0.1) is 0 Å². The van der Waals surface area contributed by atoms with Crippen molar-refractivity contribution in [2.45, 2.75) is 38.6 Å². The van der Waals surface area contributed by atoms with Crippen molar-refractivity contribution in [1.29, 1.82) is 0 Å². The third kappa shape index (κ3) is 2.29. The zero-order chi connectivity index (χ0) is 14.9. The molecule has 108 valence electrons. The molecular weight excluding hydrogens is 256 g/mol. The first-order valence-electron chi connectivity index (χ1n) is 6.72. The van der Waals surface area contributed by atoms with Gasteiger partial charge in [-0.1, -0.05) is 29.8 Å². The van der Waals surface area contributed by atoms with E-state index in [1.165, 1.54) is 4.90 Å². The van der Waals surface area contributed by atoms with Gasteiger partial charge in [0.15, 0.2) is 0 Å². The predicted octanol–water partition coefficient (Wildman–Crippen LogP) is 1.38. The van der Waals surface area contributed by atoms with Gasteiger partial charge in [-0.3, -0.25) is 14.8 Å². The molecule has 5 nitrogen and oxygen atoms in total. The lowest BCUT2D eigenvalue weighted by atomic mass is 9.80. The summed E-state index contributed by atoms with van der Waals surface area (Å²) in [5, 5.41) is 8.70. The number of hydrogen-bond acceptors (Lipinski definition) is 3. The van der Waals surface area contributed by atoms with E-state index >= 15 is 0 Å². The molecule has 2 N–H and O–H groups in total. The first-order valence-corrected chi connectivity index (χ1v) is 6.72. The number of hydroxylamine groups is 1. The van der Waals surface area contributed by atoms with Gasteiger partial charge in [-0.05, 0) is 32.8 Å². The van der Waals surface area contributed by atoms with E-state index in [-0.39, 0.29) is 5.91 Å². The highest BCUT2D eigenvalue weighted by atomic mass is 16.5. The largest absolute Gasteiger partial charge is 0.330 e. The van der Waals surface area contributed by atoms with Gasteiger partial charge in [0.1, 0.15) is 6.04 Å². The molecule has 1 fully saturated rings. The lowest BCUT2D eigenvalue weighted by Gasteiger charge is -2.27. The van der Waals surface area contributed by atoms with Crippen molar-refractivity contribution in [2.75, 3.05) is 6.54 Å². The fourth-order valence-corrected chi connectivity index (χ4v) is 2.73. The van der Waals surface area contributed by atoms with Crippen LogP contribution in [0.3, 0.4) is 0 Å². The number of carbonyl (C=O) groups is 2. The minimum Gasteiger partial charge on any atom is -0.330 e. The average molecular weight is 276 g/mol. The molecule has 2 atom stereocenters. The molecule has 1 saturated heterocycles. The Morgan fingerprint density at radius 3 is 2.80 bits per heavy atom. The number of amides is 2. The number of likely N-dealkylation sites (tertiary alicyclic amines) is 1. The first kappa shape index (κ1) is 14.5. The Morgan fingerprint density at radius 2 is 2.20 bits per heavy atom. The van der Waals surface area contributed by atoms with E-state index < -0.39 is 17.4 Å². The van der Waals surface area contributed by atoms with Gasteiger partial charge in [-0.2, -0.15) is 0 Å². The van der Waals surface area contributed by atoms with Crippen molar-refractivity contribution < 1.29 is 14.8 Å². The lowest BCUT2D eigenvalue weighted by Crippen LogP contribution is -2.47. The van der Waals surface area contributed by atoms with Gasteiger partial charge in [0.2, 0.25) is 5.91 Å². The van der Waals surface area contributed by atoms with Crippen molar-refractivity contribution in [3.05, 3.63) is 35.4 Å². The zero-order valence-corrected chi connectivity index (χ0v) is 12.0. The van der Waals surface area contributed by atoms with E-state index in [1.807, 2.05) is 38.1 Å². The third-order valence-corrected chi connectivity index (χ3v) is 4.20. The van der Waals surface area contributed by atoms with Crippen LogP contribution < -0.4 is 5.48 Å². The van der Waals surface area contributed by atoms with E-state index in [1.54, 1.807) is 12.4 Å². The van der Waals surface area contributed by atoms with Crippen LogP contribution in [0.5, 0.6) is 0 Å². The van der Waals surface area contributed by atoms with Gasteiger partial charge in [0.05, 0.1) is 5.41 Å². The van der Waals surface area contributed by atoms with Gasteiger partial charge >= 0.3 is 0 Å². The fraction of sp³-hybridized carbons (Fsp3) is 0.467. The number of hydrogen-bond donors (Lipinski definition) is 2. The standard InChI is InChI=1S/C15H20N2O3/c1-10-5-4-6-12(9-10)15(3)7-8-17(14(15)19)11(2)13(18)16-20/h4-6,9,11,20H,7-8H2,1-3H3,(H,16,18)/t11-,15?/m1/s1. The van der Waals surface area contributed by atoms with Crippen LogP contribution in [0.25, 0.3) is 0 Å². The highest BCUT2D eigenvalue weighted by Gasteiger charge is 2.46. The topological polar surface area (TPSA) is 69.6 Å². The van der Waals surface area contributed by atoms with Crippen LogP contribution in [-0.2, 0) is 15.0 Å². The number of nitrogens with one attached hydrogen (secondary N) is 1. The quantitative estimate of drug-likeness (QED) is 0.647. The van der Waals surface area contributed by atoms with E-state index in [0.717, 1.165) is 11.1 Å². The van der Waals surface area contributed by atoms with Crippen LogP contribution in [0, 0.1) is 6.92 Å². The average Bonchev–Trinajstić information content (AvgIpc) is 2.75. The number of nitrogens with zero attached hydrogens (tertiary/aromatic N) is 1. The minimum atomic E-state index is -0.667. The van der Waals surface area contributed by atoms with Crippen molar-refractivity contribution >= 4 is 11.8 Å². The Labute approximate surface area is 118 Å². The summed E-state index contributed by atoms with van der Waals surface area (Å²) in [4.78, 5) is 25.7. The maximum Gasteiger partial charge on any atom is 0.265 e. The Hall–Kier alpha value is -1.88. The van der Waals surface area contributed by atoms with Gasteiger partial charge in [0.25, 0.3) is 5.91 Å². The molecule has 0 radical (unpaired) electrons. The summed E-state index contributed by atoms with van der Waals surface area (Å²) in [5.41, 5.74) is 3.09. The maximum atomic E-state index is 12.7. The first-order chi connectivity index (χ1) is 9.40. The molecular formula is C15H20N2O3. The summed E-state index contributed by atoms with van der Waals surface area (Å²) in [5.74, 6) is -0.633. The molecule has 2 amide bonds. The molecule has 0 spiro atoms. The molecule has 1 unspecified atom stereocenters. The van der Waals surface area contributed by atoms with Crippen LogP contribution >= 0.6 is 0 Å². The van der Waals surface area contributed by atoms with E-state index in [9.17, 15) is 9.59 Å². The fourth-order valence-electron chi connectivity index (χ4n) is 2.73. The Bertz CT molecular complexity index is 544. The number of carbonyl (C=O) groups excluding carboxylic acids is 2. The van der Waals surface area contributed by atoms with Crippen LogP contribution in [0.4, 0.5) is 0 Å². The van der Waals surface area contributed by atoms with Crippen molar-refractivity contribution in [1.82, 2.24) is 10.4 Å². The molecule has 1 aliphatic rings. The second kappa shape index (κ2) is 5.25. The molecule has 1 heterocycles. The summed E-state index contributed by atoms with van der Waals surface area (Å²) >= 11 is 0. The highest BCUT2D eigenvalue weighted by molar-refractivity contribution is 5.94. The van der Waals surface area contributed by atoms with Gasteiger partial charge in [-0.25, -0.2) is 5.48 Å². The number of benzene rings is 1. The SMILES string of the molecule is Cc1cccc(C2(C)CCN([C@H](C)C(=O)NO)C2=O)c1. The number of rotatable bonds is 3. The summed E-state index contributed by atoms with van der Waals surface area (Å²) in [6.07, 6.45) is 0.665. The molecule has 1 aliphatic heterocycles. The molecule has 1 aromatic carbocycles. The zero-order valence-electron chi connectivity index (χ0n) is 12.0. The molecule has 0 bridgehead atoms. The molecule has 1 aromatic rings.